The van der Waals surface area contributed by atoms with Crippen molar-refractivity contribution in [3.8, 4) is 17.0 Å². The zero-order valence-corrected chi connectivity index (χ0v) is 22.6. The quantitative estimate of drug-likeness (QED) is 0.235. The number of rotatable bonds is 9. The van der Waals surface area contributed by atoms with Gasteiger partial charge in [0.1, 0.15) is 22.9 Å². The third-order valence-electron chi connectivity index (χ3n) is 6.85. The average molecular weight is 554 g/mol. The molecule has 0 fully saturated rings. The van der Waals surface area contributed by atoms with E-state index in [1.54, 1.807) is 24.1 Å². The lowest BCUT2D eigenvalue weighted by Gasteiger charge is -2.22. The van der Waals surface area contributed by atoms with Crippen LogP contribution in [0.25, 0.3) is 22.2 Å². The molecule has 4 aromatic rings. The van der Waals surface area contributed by atoms with Crippen LogP contribution in [-0.2, 0) is 17.9 Å². The van der Waals surface area contributed by atoms with Gasteiger partial charge < -0.3 is 29.2 Å². The van der Waals surface area contributed by atoms with Crippen LogP contribution in [0.2, 0.25) is 0 Å². The highest BCUT2D eigenvalue weighted by molar-refractivity contribution is 5.97. The van der Waals surface area contributed by atoms with Crippen LogP contribution < -0.4 is 15.0 Å². The van der Waals surface area contributed by atoms with Crippen LogP contribution in [0.4, 0.5) is 31.8 Å². The van der Waals surface area contributed by atoms with Gasteiger partial charge in [-0.15, -0.1) is 0 Å². The van der Waals surface area contributed by atoms with Crippen molar-refractivity contribution in [1.82, 2.24) is 19.4 Å². The SMILES string of the molecule is COc1cc(N(C)CCN(C)C)c([N+](=O)[O-])cc1Nc1ncc(F)c(-c2c3n(c4cc(F)ccc24)CCOC3)n1. The van der Waals surface area contributed by atoms with Crippen LogP contribution in [0.1, 0.15) is 5.69 Å². The Hall–Kier alpha value is -4.36. The number of fused-ring (bicyclic) bond motifs is 3. The molecule has 1 aliphatic heterocycles. The van der Waals surface area contributed by atoms with Crippen molar-refractivity contribution in [3.05, 3.63) is 64.0 Å². The molecule has 40 heavy (non-hydrogen) atoms. The predicted molar refractivity (Wildman–Crippen MR) is 147 cm³/mol. The highest BCUT2D eigenvalue weighted by Gasteiger charge is 2.26. The van der Waals surface area contributed by atoms with Crippen LogP contribution in [0.15, 0.2) is 36.5 Å². The zero-order chi connectivity index (χ0) is 28.6. The Balaban J connectivity index is 1.57. The molecule has 3 heterocycles. The summed E-state index contributed by atoms with van der Waals surface area (Å²) < 4.78 is 42.4. The fourth-order valence-electron chi connectivity index (χ4n) is 4.84. The number of likely N-dealkylation sites (N-methyl/N-ethyl adjacent to an activating group) is 2. The number of aromatic nitrogens is 3. The molecule has 0 saturated carbocycles. The zero-order valence-electron chi connectivity index (χ0n) is 22.6. The molecule has 2 aromatic carbocycles. The average Bonchev–Trinajstić information content (AvgIpc) is 3.25. The van der Waals surface area contributed by atoms with Crippen LogP contribution >= 0.6 is 0 Å². The van der Waals surface area contributed by atoms with E-state index >= 15 is 4.39 Å². The molecule has 2 aromatic heterocycles. The third kappa shape index (κ3) is 5.12. The molecule has 5 rings (SSSR count). The van der Waals surface area contributed by atoms with Crippen molar-refractivity contribution in [3.63, 3.8) is 0 Å². The first-order chi connectivity index (χ1) is 19.2. The fourth-order valence-corrected chi connectivity index (χ4v) is 4.84. The highest BCUT2D eigenvalue weighted by atomic mass is 19.1. The number of hydrogen-bond donors (Lipinski definition) is 1. The summed E-state index contributed by atoms with van der Waals surface area (Å²) in [6, 6.07) is 7.24. The number of halogens is 2. The van der Waals surface area contributed by atoms with Gasteiger partial charge in [-0.1, -0.05) is 0 Å². The van der Waals surface area contributed by atoms with Gasteiger partial charge >= 0.3 is 0 Å². The van der Waals surface area contributed by atoms with E-state index in [-0.39, 0.29) is 29.6 Å². The summed E-state index contributed by atoms with van der Waals surface area (Å²) in [5.41, 5.74) is 2.26. The van der Waals surface area contributed by atoms with Crippen LogP contribution in [0.3, 0.4) is 0 Å². The molecule has 0 spiro atoms. The second-order valence-corrected chi connectivity index (χ2v) is 9.73. The Kier molecular flexibility index (Phi) is 7.50. The number of hydrogen-bond acceptors (Lipinski definition) is 9. The maximum absolute atomic E-state index is 15.2. The first kappa shape index (κ1) is 27.2. The Morgan fingerprint density at radius 3 is 2.73 bits per heavy atom. The topological polar surface area (TPSA) is 111 Å². The van der Waals surface area contributed by atoms with E-state index in [4.69, 9.17) is 9.47 Å². The lowest BCUT2D eigenvalue weighted by molar-refractivity contribution is -0.384. The molecule has 1 aliphatic rings. The summed E-state index contributed by atoms with van der Waals surface area (Å²) in [5.74, 6) is -0.751. The van der Waals surface area contributed by atoms with Crippen molar-refractivity contribution < 1.29 is 23.2 Å². The summed E-state index contributed by atoms with van der Waals surface area (Å²) in [6.07, 6.45) is 1.03. The summed E-state index contributed by atoms with van der Waals surface area (Å²) in [6.45, 7) is 2.39. The van der Waals surface area contributed by atoms with Crippen LogP contribution in [-0.4, -0.2) is 72.3 Å². The lowest BCUT2D eigenvalue weighted by Crippen LogP contribution is -2.28. The van der Waals surface area contributed by atoms with Gasteiger partial charge in [-0.2, -0.15) is 0 Å². The molecular formula is C27H29F2N7O4. The smallest absolute Gasteiger partial charge is 0.294 e. The van der Waals surface area contributed by atoms with Crippen molar-refractivity contribution in [2.75, 3.05) is 58.2 Å². The van der Waals surface area contributed by atoms with E-state index in [0.29, 0.717) is 59.8 Å². The standard InChI is InChI=1S/C27H29F2N7O4/c1-33(2)7-8-34(3)21-13-24(39-4)19(12-22(21)36(37)38)31-27-30-14-18(29)26(32-27)25-17-6-5-16(28)11-20(17)35-9-10-40-15-23(25)35/h5-6,11-14H,7-10,15H2,1-4H3,(H,30,31,32). The van der Waals surface area contributed by atoms with Gasteiger partial charge in [-0.25, -0.2) is 18.7 Å². The van der Waals surface area contributed by atoms with Gasteiger partial charge in [-0.3, -0.25) is 10.1 Å². The molecule has 210 valence electrons. The van der Waals surface area contributed by atoms with Gasteiger partial charge in [0.05, 0.1) is 48.3 Å². The summed E-state index contributed by atoms with van der Waals surface area (Å²) >= 11 is 0. The summed E-state index contributed by atoms with van der Waals surface area (Å²) in [4.78, 5) is 23.8. The molecule has 0 amide bonds. The van der Waals surface area contributed by atoms with Gasteiger partial charge in [-0.05, 0) is 32.3 Å². The molecule has 0 aliphatic carbocycles. The van der Waals surface area contributed by atoms with Gasteiger partial charge in [0.25, 0.3) is 5.69 Å². The normalized spacial score (nSPS) is 13.0. The first-order valence-electron chi connectivity index (χ1n) is 12.6. The molecule has 0 atom stereocenters. The van der Waals surface area contributed by atoms with Gasteiger partial charge in [0.2, 0.25) is 5.95 Å². The second kappa shape index (κ2) is 11.0. The molecule has 0 bridgehead atoms. The lowest BCUT2D eigenvalue weighted by atomic mass is 10.1. The molecule has 0 saturated heterocycles. The highest BCUT2D eigenvalue weighted by Crippen LogP contribution is 2.40. The predicted octanol–water partition coefficient (Wildman–Crippen LogP) is 4.56. The Bertz CT molecular complexity index is 1590. The minimum Gasteiger partial charge on any atom is -0.494 e. The summed E-state index contributed by atoms with van der Waals surface area (Å²) in [7, 11) is 7.06. The number of nitro benzene ring substituents is 1. The van der Waals surface area contributed by atoms with Gasteiger partial charge in [0, 0.05) is 49.8 Å². The number of benzene rings is 2. The number of anilines is 3. The number of nitrogens with one attached hydrogen (secondary N) is 1. The van der Waals surface area contributed by atoms with Gasteiger partial charge in [0.15, 0.2) is 5.82 Å². The van der Waals surface area contributed by atoms with E-state index < -0.39 is 16.6 Å². The van der Waals surface area contributed by atoms with E-state index in [9.17, 15) is 14.5 Å². The van der Waals surface area contributed by atoms with E-state index in [1.807, 2.05) is 23.6 Å². The Morgan fingerprint density at radius 1 is 1.20 bits per heavy atom. The Labute approximate surface area is 229 Å². The molecule has 13 heteroatoms. The third-order valence-corrected chi connectivity index (χ3v) is 6.85. The van der Waals surface area contributed by atoms with E-state index in [1.165, 1.54) is 25.3 Å². The summed E-state index contributed by atoms with van der Waals surface area (Å²) in [5, 5.41) is 15.6. The van der Waals surface area contributed by atoms with Crippen molar-refractivity contribution >= 4 is 33.9 Å². The molecule has 0 radical (unpaired) electrons. The number of ether oxygens (including phenoxy) is 2. The molecule has 1 N–H and O–H groups in total. The minimum atomic E-state index is -0.674. The first-order valence-corrected chi connectivity index (χ1v) is 12.6. The van der Waals surface area contributed by atoms with Crippen molar-refractivity contribution in [2.45, 2.75) is 13.2 Å². The molecule has 11 nitrogen and oxygen atoms in total. The maximum Gasteiger partial charge on any atom is 0.294 e. The van der Waals surface area contributed by atoms with Crippen LogP contribution in [0.5, 0.6) is 5.75 Å². The maximum atomic E-state index is 15.2. The molecular weight excluding hydrogens is 524 g/mol. The van der Waals surface area contributed by atoms with E-state index in [0.717, 1.165) is 6.20 Å². The van der Waals surface area contributed by atoms with Crippen LogP contribution in [0, 0.1) is 21.7 Å². The monoisotopic (exact) mass is 553 g/mol. The van der Waals surface area contributed by atoms with Crippen molar-refractivity contribution in [2.24, 2.45) is 0 Å². The van der Waals surface area contributed by atoms with E-state index in [2.05, 4.69) is 15.3 Å². The number of nitro groups is 1. The minimum absolute atomic E-state index is 0.00173. The number of nitrogens with zero attached hydrogens (tertiary/aromatic N) is 6. The Morgan fingerprint density at radius 2 is 2.00 bits per heavy atom. The van der Waals surface area contributed by atoms with Crippen molar-refractivity contribution in [1.29, 1.82) is 0 Å². The largest absolute Gasteiger partial charge is 0.494 e. The number of methoxy groups -OCH3 is 1. The molecule has 0 unspecified atom stereocenters. The fraction of sp³-hybridized carbons (Fsp3) is 0.333. The second-order valence-electron chi connectivity index (χ2n) is 9.73.